The lowest BCUT2D eigenvalue weighted by Crippen LogP contribution is -2.06. The average Bonchev–Trinajstić information content (AvgIpc) is 2.28. The summed E-state index contributed by atoms with van der Waals surface area (Å²) in [6.45, 7) is 3.81. The Hall–Kier alpha value is -1.29. The second-order valence-electron chi connectivity index (χ2n) is 3.50. The minimum atomic E-state index is -0.328. The summed E-state index contributed by atoms with van der Waals surface area (Å²) >= 11 is 0. The molecule has 3 N–H and O–H groups in total. The van der Waals surface area contributed by atoms with Crippen molar-refractivity contribution in [1.82, 2.24) is 0 Å². The third-order valence-electron chi connectivity index (χ3n) is 2.19. The smallest absolute Gasteiger partial charge is 0.167 e. The van der Waals surface area contributed by atoms with Crippen LogP contribution in [0, 0.1) is 5.82 Å². The summed E-state index contributed by atoms with van der Waals surface area (Å²) in [7, 11) is 0. The maximum atomic E-state index is 13.4. The summed E-state index contributed by atoms with van der Waals surface area (Å²) in [6.07, 6.45) is 1.97. The number of anilines is 1. The van der Waals surface area contributed by atoms with E-state index in [9.17, 15) is 4.39 Å². The van der Waals surface area contributed by atoms with Crippen LogP contribution in [0.5, 0.6) is 5.75 Å². The molecule has 0 aromatic heterocycles. The molecule has 3 nitrogen and oxygen atoms in total. The van der Waals surface area contributed by atoms with Gasteiger partial charge >= 0.3 is 0 Å². The number of nitrogens with two attached hydrogens (primary N) is 1. The van der Waals surface area contributed by atoms with Crippen molar-refractivity contribution in [1.29, 1.82) is 0 Å². The lowest BCUT2D eigenvalue weighted by Gasteiger charge is -2.08. The van der Waals surface area contributed by atoms with Crippen LogP contribution in [0.25, 0.3) is 0 Å². The van der Waals surface area contributed by atoms with E-state index >= 15 is 0 Å². The fraction of sp³-hybridized carbons (Fsp3) is 0.500. The lowest BCUT2D eigenvalue weighted by molar-refractivity contribution is 0.321. The predicted molar refractivity (Wildman–Crippen MR) is 64.3 cm³/mol. The number of rotatable bonds is 7. The van der Waals surface area contributed by atoms with Gasteiger partial charge in [-0.15, -0.1) is 0 Å². The van der Waals surface area contributed by atoms with E-state index in [4.69, 9.17) is 10.5 Å². The Morgan fingerprint density at radius 2 is 2.19 bits per heavy atom. The molecule has 0 saturated heterocycles. The summed E-state index contributed by atoms with van der Waals surface area (Å²) in [5.41, 5.74) is 6.16. The van der Waals surface area contributed by atoms with E-state index in [-0.39, 0.29) is 5.82 Å². The molecule has 0 aliphatic rings. The van der Waals surface area contributed by atoms with E-state index in [1.807, 2.05) is 13.0 Å². The van der Waals surface area contributed by atoms with E-state index in [0.717, 1.165) is 25.1 Å². The lowest BCUT2D eigenvalue weighted by atomic mass is 10.2. The maximum absolute atomic E-state index is 13.4. The maximum Gasteiger partial charge on any atom is 0.167 e. The SMILES string of the molecule is CCOc1ccc(NCCCCN)cc1F. The van der Waals surface area contributed by atoms with Crippen molar-refractivity contribution < 1.29 is 9.13 Å². The minimum Gasteiger partial charge on any atom is -0.491 e. The van der Waals surface area contributed by atoms with Gasteiger partial charge in [0.15, 0.2) is 11.6 Å². The molecule has 0 fully saturated rings. The van der Waals surface area contributed by atoms with Crippen molar-refractivity contribution in [3.8, 4) is 5.75 Å². The fourth-order valence-electron chi connectivity index (χ4n) is 1.39. The zero-order chi connectivity index (χ0) is 11.8. The molecule has 0 amide bonds. The Balaban J connectivity index is 2.46. The largest absolute Gasteiger partial charge is 0.491 e. The van der Waals surface area contributed by atoms with Crippen molar-refractivity contribution in [3.05, 3.63) is 24.0 Å². The van der Waals surface area contributed by atoms with E-state index in [0.29, 0.717) is 18.9 Å². The normalized spacial score (nSPS) is 10.2. The summed E-state index contributed by atoms with van der Waals surface area (Å²) in [4.78, 5) is 0. The van der Waals surface area contributed by atoms with Gasteiger partial charge in [-0.05, 0) is 38.4 Å². The first-order valence-corrected chi connectivity index (χ1v) is 5.64. The number of hydrogen-bond acceptors (Lipinski definition) is 3. The molecule has 16 heavy (non-hydrogen) atoms. The molecule has 0 aliphatic heterocycles. The van der Waals surface area contributed by atoms with Crippen LogP contribution in [0.15, 0.2) is 18.2 Å². The Morgan fingerprint density at radius 1 is 1.38 bits per heavy atom. The van der Waals surface area contributed by atoms with Gasteiger partial charge in [0.1, 0.15) is 0 Å². The highest BCUT2D eigenvalue weighted by atomic mass is 19.1. The van der Waals surface area contributed by atoms with Gasteiger partial charge in [0, 0.05) is 18.3 Å². The first-order chi connectivity index (χ1) is 7.77. The second-order valence-corrected chi connectivity index (χ2v) is 3.50. The van der Waals surface area contributed by atoms with E-state index in [1.165, 1.54) is 6.07 Å². The molecule has 90 valence electrons. The molecule has 0 aliphatic carbocycles. The fourth-order valence-corrected chi connectivity index (χ4v) is 1.39. The molecule has 0 radical (unpaired) electrons. The van der Waals surface area contributed by atoms with Crippen LogP contribution >= 0.6 is 0 Å². The Bertz CT molecular complexity index is 318. The molecule has 0 unspecified atom stereocenters. The highest BCUT2D eigenvalue weighted by Gasteiger charge is 2.03. The molecule has 1 aromatic rings. The third kappa shape index (κ3) is 4.06. The zero-order valence-electron chi connectivity index (χ0n) is 9.63. The van der Waals surface area contributed by atoms with Gasteiger partial charge in [0.05, 0.1) is 6.61 Å². The van der Waals surface area contributed by atoms with Gasteiger partial charge in [-0.3, -0.25) is 0 Å². The summed E-state index contributed by atoms with van der Waals surface area (Å²) in [6, 6.07) is 4.91. The van der Waals surface area contributed by atoms with Crippen molar-refractivity contribution in [2.45, 2.75) is 19.8 Å². The van der Waals surface area contributed by atoms with E-state index in [1.54, 1.807) is 6.07 Å². The van der Waals surface area contributed by atoms with Crippen LogP contribution in [-0.4, -0.2) is 19.7 Å². The number of hydrogen-bond donors (Lipinski definition) is 2. The number of nitrogens with one attached hydrogen (secondary N) is 1. The number of benzene rings is 1. The first kappa shape index (κ1) is 12.8. The van der Waals surface area contributed by atoms with Gasteiger partial charge in [-0.2, -0.15) is 0 Å². The summed E-state index contributed by atoms with van der Waals surface area (Å²) in [5.74, 6) is -0.0271. The van der Waals surface area contributed by atoms with E-state index < -0.39 is 0 Å². The van der Waals surface area contributed by atoms with Gasteiger partial charge in [-0.25, -0.2) is 4.39 Å². The van der Waals surface area contributed by atoms with Gasteiger partial charge < -0.3 is 15.8 Å². The predicted octanol–water partition coefficient (Wildman–Crippen LogP) is 2.38. The molecular formula is C12H19FN2O. The Morgan fingerprint density at radius 3 is 2.81 bits per heavy atom. The molecule has 0 atom stereocenters. The number of ether oxygens (including phenoxy) is 1. The first-order valence-electron chi connectivity index (χ1n) is 5.64. The minimum absolute atomic E-state index is 0.301. The van der Waals surface area contributed by atoms with Crippen molar-refractivity contribution >= 4 is 5.69 Å². The molecule has 0 heterocycles. The monoisotopic (exact) mass is 226 g/mol. The van der Waals surface area contributed by atoms with Crippen LogP contribution < -0.4 is 15.8 Å². The van der Waals surface area contributed by atoms with Crippen LogP contribution in [0.2, 0.25) is 0 Å². The van der Waals surface area contributed by atoms with Crippen LogP contribution in [0.3, 0.4) is 0 Å². The van der Waals surface area contributed by atoms with Crippen molar-refractivity contribution in [2.24, 2.45) is 5.73 Å². The van der Waals surface area contributed by atoms with Gasteiger partial charge in [0.2, 0.25) is 0 Å². The highest BCUT2D eigenvalue weighted by Crippen LogP contribution is 2.20. The molecule has 0 saturated carbocycles. The topological polar surface area (TPSA) is 47.3 Å². The van der Waals surface area contributed by atoms with Crippen molar-refractivity contribution in [3.63, 3.8) is 0 Å². The average molecular weight is 226 g/mol. The Labute approximate surface area is 95.8 Å². The summed E-state index contributed by atoms with van der Waals surface area (Å²) < 4.78 is 18.5. The summed E-state index contributed by atoms with van der Waals surface area (Å²) in [5, 5.41) is 3.14. The molecule has 0 spiro atoms. The standard InChI is InChI=1S/C12H19FN2O/c1-2-16-12-6-5-10(9-11(12)13)15-8-4-3-7-14/h5-6,9,15H,2-4,7-8,14H2,1H3. The number of halogens is 1. The van der Waals surface area contributed by atoms with Gasteiger partial charge in [-0.1, -0.05) is 0 Å². The molecular weight excluding hydrogens is 207 g/mol. The molecule has 4 heteroatoms. The van der Waals surface area contributed by atoms with Gasteiger partial charge in [0.25, 0.3) is 0 Å². The molecule has 1 aromatic carbocycles. The van der Waals surface area contributed by atoms with Crippen LogP contribution in [0.4, 0.5) is 10.1 Å². The quantitative estimate of drug-likeness (QED) is 0.702. The second kappa shape index (κ2) is 7.06. The Kier molecular flexibility index (Phi) is 5.64. The van der Waals surface area contributed by atoms with Crippen molar-refractivity contribution in [2.75, 3.05) is 25.0 Å². The zero-order valence-corrected chi connectivity index (χ0v) is 9.63. The highest BCUT2D eigenvalue weighted by molar-refractivity contribution is 5.47. The molecule has 0 bridgehead atoms. The molecule has 1 rings (SSSR count). The number of unbranched alkanes of at least 4 members (excludes halogenated alkanes) is 1. The third-order valence-corrected chi connectivity index (χ3v) is 2.19. The van der Waals surface area contributed by atoms with E-state index in [2.05, 4.69) is 5.32 Å². The van der Waals surface area contributed by atoms with Crippen LogP contribution in [-0.2, 0) is 0 Å². The van der Waals surface area contributed by atoms with Crippen LogP contribution in [0.1, 0.15) is 19.8 Å².